The molecule has 0 aliphatic carbocycles. The Labute approximate surface area is 414 Å². The van der Waals surface area contributed by atoms with Crippen LogP contribution in [0, 0.1) is 12.8 Å². The third-order valence-electron chi connectivity index (χ3n) is 12.8. The van der Waals surface area contributed by atoms with Crippen LogP contribution in [0.4, 0.5) is 0 Å². The zero-order chi connectivity index (χ0) is 48.6. The summed E-state index contributed by atoms with van der Waals surface area (Å²) in [6.07, 6.45) is 3.02. The van der Waals surface area contributed by atoms with Crippen LogP contribution in [-0.4, -0.2) is 136 Å². The van der Waals surface area contributed by atoms with E-state index in [1.54, 1.807) is 34.0 Å². The highest BCUT2D eigenvalue weighted by atomic mass is 32.1. The van der Waals surface area contributed by atoms with E-state index in [1.165, 1.54) is 16.2 Å². The Bertz CT molecular complexity index is 2730. The first kappa shape index (κ1) is 49.0. The van der Waals surface area contributed by atoms with Gasteiger partial charge in [-0.15, -0.1) is 22.7 Å². The molecular formula is C51H59N7O10S2. The fourth-order valence-corrected chi connectivity index (χ4v) is 10.9. The number of aliphatic hydroxyl groups excluding tert-OH is 1. The number of hydrogen-bond donors (Lipinski definition) is 2. The van der Waals surface area contributed by atoms with Crippen LogP contribution in [-0.2, 0) is 38.7 Å². The summed E-state index contributed by atoms with van der Waals surface area (Å²) in [6.45, 7) is 10.5. The lowest BCUT2D eigenvalue weighted by molar-refractivity contribution is -0.143. The Morgan fingerprint density at radius 2 is 1.71 bits per heavy atom. The molecule has 2 saturated heterocycles. The van der Waals surface area contributed by atoms with Crippen LogP contribution in [0.1, 0.15) is 66.0 Å². The van der Waals surface area contributed by atoms with Gasteiger partial charge in [0.05, 0.1) is 65.4 Å². The lowest BCUT2D eigenvalue weighted by Crippen LogP contribution is -2.55. The number of β-amino-alcohol motifs (C(OH)–C–C–N with tert-alkyl or cyclic N) is 1. The minimum Gasteiger partial charge on any atom is -0.491 e. The highest BCUT2D eigenvalue weighted by Crippen LogP contribution is 2.34. The smallest absolute Gasteiger partial charge is 0.255 e. The monoisotopic (exact) mass is 993 g/mol. The van der Waals surface area contributed by atoms with E-state index in [-0.39, 0.29) is 50.0 Å². The first-order valence-electron chi connectivity index (χ1n) is 23.9. The number of piperidine rings is 1. The van der Waals surface area contributed by atoms with Crippen LogP contribution in [0.3, 0.4) is 0 Å². The normalized spacial score (nSPS) is 17.9. The van der Waals surface area contributed by atoms with Gasteiger partial charge in [0.2, 0.25) is 11.8 Å². The number of nitrogens with zero attached hydrogens (tertiary/aromatic N) is 6. The Kier molecular flexibility index (Phi) is 16.0. The maximum absolute atomic E-state index is 14.2. The van der Waals surface area contributed by atoms with Crippen molar-refractivity contribution in [3.8, 4) is 27.8 Å². The molecule has 6 aromatic rings. The van der Waals surface area contributed by atoms with Gasteiger partial charge in [-0.2, -0.15) is 0 Å². The van der Waals surface area contributed by atoms with Crippen LogP contribution in [0.2, 0.25) is 0 Å². The second-order valence-electron chi connectivity index (χ2n) is 18.1. The summed E-state index contributed by atoms with van der Waals surface area (Å²) in [4.78, 5) is 56.7. The summed E-state index contributed by atoms with van der Waals surface area (Å²) in [5, 5.41) is 19.9. The molecule has 3 atom stereocenters. The Balaban J connectivity index is 0.695. The maximum atomic E-state index is 14.2. The predicted octanol–water partition coefficient (Wildman–Crippen LogP) is 6.51. The Morgan fingerprint density at radius 1 is 0.929 bits per heavy atom. The molecule has 3 amide bonds. The molecule has 3 aliphatic rings. The molecule has 2 fully saturated rings. The van der Waals surface area contributed by atoms with Gasteiger partial charge in [0.1, 0.15) is 42.9 Å². The molecule has 0 bridgehead atoms. The highest BCUT2D eigenvalue weighted by Gasteiger charge is 2.46. The topological polar surface area (TPSA) is 191 Å². The van der Waals surface area contributed by atoms with Gasteiger partial charge in [-0.05, 0) is 71.6 Å². The number of pyridine rings is 1. The van der Waals surface area contributed by atoms with Crippen LogP contribution >= 0.6 is 22.7 Å². The number of carbonyl (C=O) groups excluding carboxylic acids is 3. The number of hydrogen-bond acceptors (Lipinski definition) is 16. The number of rotatable bonds is 22. The van der Waals surface area contributed by atoms with E-state index in [9.17, 15) is 19.5 Å². The number of likely N-dealkylation sites (tertiary alicyclic amines) is 2. The minimum absolute atomic E-state index is 0.000508. The molecule has 0 radical (unpaired) electrons. The second kappa shape index (κ2) is 22.9. The quantitative estimate of drug-likeness (QED) is 0.0700. The van der Waals surface area contributed by atoms with Crippen molar-refractivity contribution in [1.82, 2.24) is 35.1 Å². The van der Waals surface area contributed by atoms with Gasteiger partial charge < -0.3 is 48.4 Å². The molecule has 0 unspecified atom stereocenters. The van der Waals surface area contributed by atoms with Crippen molar-refractivity contribution < 1.29 is 47.7 Å². The fourth-order valence-electron chi connectivity index (χ4n) is 9.31. The molecule has 3 aliphatic heterocycles. The molecule has 4 aromatic heterocycles. The predicted molar refractivity (Wildman–Crippen MR) is 263 cm³/mol. The molecule has 70 heavy (non-hydrogen) atoms. The number of thiazole rings is 1. The van der Waals surface area contributed by atoms with E-state index in [4.69, 9.17) is 28.2 Å². The van der Waals surface area contributed by atoms with Crippen molar-refractivity contribution in [1.29, 1.82) is 0 Å². The number of aromatic nitrogens is 3. The Morgan fingerprint density at radius 3 is 2.49 bits per heavy atom. The lowest BCUT2D eigenvalue weighted by Gasteiger charge is -2.35. The van der Waals surface area contributed by atoms with Crippen molar-refractivity contribution in [3.63, 3.8) is 0 Å². The average molecular weight is 994 g/mol. The van der Waals surface area contributed by atoms with Gasteiger partial charge in [-0.1, -0.05) is 44.2 Å². The van der Waals surface area contributed by atoms with Gasteiger partial charge in [0, 0.05) is 62.5 Å². The maximum Gasteiger partial charge on any atom is 0.255 e. The Hall–Kier alpha value is -5.96. The van der Waals surface area contributed by atoms with Gasteiger partial charge in [0.15, 0.2) is 5.76 Å². The molecule has 370 valence electrons. The molecule has 17 nitrogen and oxygen atoms in total. The number of thiophene rings is 1. The summed E-state index contributed by atoms with van der Waals surface area (Å²) in [5.74, 6) is 1.45. The van der Waals surface area contributed by atoms with Crippen LogP contribution < -0.4 is 19.5 Å². The summed E-state index contributed by atoms with van der Waals surface area (Å²) in [7, 11) is 0. The van der Waals surface area contributed by atoms with E-state index in [0.717, 1.165) is 74.9 Å². The SMILES string of the molecule is Cc1ncsc1-c1ccc(CNC(=O)[C@@H]2C[C@@H](O)CN2C(=O)[C@H](C(C)C)N2Cc3ccccc3C2=O)c(OCCOCCOCCOc2cc(CN3CCC(Oc4ccnc5ccsc45)CC3)on2)c1. The number of benzene rings is 2. The number of ether oxygens (including phenoxy) is 5. The number of carbonyl (C=O) groups is 3. The zero-order valence-electron chi connectivity index (χ0n) is 39.6. The molecule has 2 aromatic carbocycles. The molecule has 9 rings (SSSR count). The van der Waals surface area contributed by atoms with E-state index in [0.29, 0.717) is 63.3 Å². The number of nitrogens with one attached hydrogen (secondary N) is 1. The first-order valence-corrected chi connectivity index (χ1v) is 25.6. The number of fused-ring (bicyclic) bond motifs is 2. The van der Waals surface area contributed by atoms with Crippen molar-refractivity contribution in [2.24, 2.45) is 5.92 Å². The van der Waals surface area contributed by atoms with Crippen molar-refractivity contribution in [2.75, 3.05) is 59.3 Å². The molecule has 0 saturated carbocycles. The molecule has 2 N–H and O–H groups in total. The zero-order valence-corrected chi connectivity index (χ0v) is 41.3. The largest absolute Gasteiger partial charge is 0.491 e. The van der Waals surface area contributed by atoms with Gasteiger partial charge in [-0.25, -0.2) is 4.98 Å². The van der Waals surface area contributed by atoms with Crippen molar-refractivity contribution in [3.05, 3.63) is 106 Å². The van der Waals surface area contributed by atoms with E-state index in [1.807, 2.05) is 80.7 Å². The average Bonchev–Trinajstić information content (AvgIpc) is 4.23. The molecule has 19 heteroatoms. The second-order valence-corrected chi connectivity index (χ2v) is 19.8. The number of aryl methyl sites for hydroxylation is 1. The van der Waals surface area contributed by atoms with E-state index >= 15 is 0 Å². The summed E-state index contributed by atoms with van der Waals surface area (Å²) in [5.41, 5.74) is 6.77. The molecule has 0 spiro atoms. The third kappa shape index (κ3) is 11.6. The third-order valence-corrected chi connectivity index (χ3v) is 14.7. The standard InChI is InChI=1S/C51H59N7O10S2/c1-32(2)46(58-28-36-6-4-5-7-40(36)50(58)61)51(62)57-29-37(59)25-42(57)49(60)53-27-35-9-8-34(47-33(3)54-31-70-47)24-44(35)65-21-19-63-17-18-64-20-22-66-45-26-39(68-55-45)30-56-15-11-38(12-16-56)67-43-10-14-52-41-13-23-69-48(41)43/h4-10,13-14,23-24,26,31-32,37-38,42,46,59H,11-12,15-22,25,27-30H2,1-3H3,(H,53,60)/t37-,42+,46+/m1/s1. The fraction of sp³-hybridized carbons (Fsp3) is 0.451. The van der Waals surface area contributed by atoms with Crippen LogP contribution in [0.25, 0.3) is 20.7 Å². The summed E-state index contributed by atoms with van der Waals surface area (Å²) < 4.78 is 36.6. The number of aliphatic hydroxyl groups is 1. The minimum atomic E-state index is -0.910. The number of amides is 3. The van der Waals surface area contributed by atoms with E-state index in [2.05, 4.69) is 25.3 Å². The highest BCUT2D eigenvalue weighted by molar-refractivity contribution is 7.17. The van der Waals surface area contributed by atoms with Gasteiger partial charge in [0.25, 0.3) is 11.8 Å². The summed E-state index contributed by atoms with van der Waals surface area (Å²) >= 11 is 3.18. The van der Waals surface area contributed by atoms with Gasteiger partial charge in [-0.3, -0.25) is 24.3 Å². The molecule has 7 heterocycles. The van der Waals surface area contributed by atoms with E-state index < -0.39 is 24.1 Å². The lowest BCUT2D eigenvalue weighted by atomic mass is 10.0. The van der Waals surface area contributed by atoms with Crippen LogP contribution in [0.5, 0.6) is 17.4 Å². The van der Waals surface area contributed by atoms with Gasteiger partial charge >= 0.3 is 0 Å². The van der Waals surface area contributed by atoms with Crippen molar-refractivity contribution in [2.45, 2.75) is 84.0 Å². The first-order chi connectivity index (χ1) is 34.1. The molecular weight excluding hydrogens is 935 g/mol. The summed E-state index contributed by atoms with van der Waals surface area (Å²) in [6, 6.07) is 17.2. The van der Waals surface area contributed by atoms with Crippen molar-refractivity contribution >= 4 is 50.6 Å². The van der Waals surface area contributed by atoms with Crippen LogP contribution in [0.15, 0.2) is 82.3 Å².